The van der Waals surface area contributed by atoms with Gasteiger partial charge in [-0.2, -0.15) is 10.5 Å². The standard InChI is InChI=1S/C26H17FN4O/c27-22-9-11-23(12-10-22)30-26(32)20(15-29)13-21-17-31(25-8-4-3-7-24(21)25)16-19-6-2-1-5-18(19)14-28/h1-13,17H,16H2,(H,30,32)/b20-13+. The van der Waals surface area contributed by atoms with Crippen LogP contribution in [0.25, 0.3) is 17.0 Å². The van der Waals surface area contributed by atoms with Crippen molar-refractivity contribution in [2.75, 3.05) is 5.32 Å². The number of amides is 1. The molecule has 5 nitrogen and oxygen atoms in total. The monoisotopic (exact) mass is 420 g/mol. The molecule has 154 valence electrons. The molecule has 1 aromatic heterocycles. The molecule has 1 N–H and O–H groups in total. The molecular formula is C26H17FN4O. The molecule has 0 atom stereocenters. The minimum absolute atomic E-state index is 0.0744. The molecule has 0 saturated heterocycles. The Morgan fingerprint density at radius 2 is 1.72 bits per heavy atom. The molecule has 0 unspecified atom stereocenters. The van der Waals surface area contributed by atoms with Gasteiger partial charge in [-0.25, -0.2) is 4.39 Å². The van der Waals surface area contributed by atoms with Gasteiger partial charge in [0.25, 0.3) is 5.91 Å². The van der Waals surface area contributed by atoms with E-state index >= 15 is 0 Å². The van der Waals surface area contributed by atoms with Crippen LogP contribution in [0.15, 0.2) is 84.6 Å². The van der Waals surface area contributed by atoms with Crippen LogP contribution >= 0.6 is 0 Å². The fourth-order valence-electron chi connectivity index (χ4n) is 3.51. The molecule has 0 aliphatic heterocycles. The minimum Gasteiger partial charge on any atom is -0.342 e. The van der Waals surface area contributed by atoms with Crippen molar-refractivity contribution in [2.45, 2.75) is 6.54 Å². The van der Waals surface area contributed by atoms with Gasteiger partial charge < -0.3 is 9.88 Å². The molecule has 6 heteroatoms. The summed E-state index contributed by atoms with van der Waals surface area (Å²) in [5.41, 5.74) is 3.42. The predicted octanol–water partition coefficient (Wildman–Crippen LogP) is 5.25. The molecule has 0 aliphatic rings. The molecule has 0 fully saturated rings. The average Bonchev–Trinajstić information content (AvgIpc) is 3.16. The number of carbonyl (C=O) groups excluding carboxylic acids is 1. The van der Waals surface area contributed by atoms with Gasteiger partial charge in [0.15, 0.2) is 0 Å². The van der Waals surface area contributed by atoms with Gasteiger partial charge in [0.2, 0.25) is 0 Å². The molecule has 4 rings (SSSR count). The summed E-state index contributed by atoms with van der Waals surface area (Å²) in [6, 6.07) is 24.5. The van der Waals surface area contributed by atoms with Crippen LogP contribution in [0.4, 0.5) is 10.1 Å². The third-order valence-corrected chi connectivity index (χ3v) is 5.06. The van der Waals surface area contributed by atoms with Crippen LogP contribution < -0.4 is 5.32 Å². The SMILES string of the molecule is N#C/C(=C\c1cn(Cc2ccccc2C#N)c2ccccc12)C(=O)Nc1ccc(F)cc1. The molecule has 3 aromatic carbocycles. The highest BCUT2D eigenvalue weighted by molar-refractivity contribution is 6.10. The molecule has 0 bridgehead atoms. The van der Waals surface area contributed by atoms with Crippen LogP contribution in [0.2, 0.25) is 0 Å². The van der Waals surface area contributed by atoms with E-state index < -0.39 is 11.7 Å². The second-order valence-corrected chi connectivity index (χ2v) is 7.13. The number of nitriles is 2. The number of halogens is 1. The number of benzene rings is 3. The molecular weight excluding hydrogens is 403 g/mol. The average molecular weight is 420 g/mol. The molecule has 4 aromatic rings. The van der Waals surface area contributed by atoms with E-state index in [9.17, 15) is 19.7 Å². The van der Waals surface area contributed by atoms with E-state index in [0.29, 0.717) is 23.4 Å². The lowest BCUT2D eigenvalue weighted by Gasteiger charge is -2.07. The van der Waals surface area contributed by atoms with Gasteiger partial charge in [0.1, 0.15) is 17.5 Å². The van der Waals surface area contributed by atoms with Crippen molar-refractivity contribution in [2.24, 2.45) is 0 Å². The first kappa shape index (κ1) is 20.6. The van der Waals surface area contributed by atoms with Crippen LogP contribution in [0, 0.1) is 28.5 Å². The Morgan fingerprint density at radius 3 is 2.47 bits per heavy atom. The van der Waals surface area contributed by atoms with Gasteiger partial charge >= 0.3 is 0 Å². The molecule has 0 radical (unpaired) electrons. The summed E-state index contributed by atoms with van der Waals surface area (Å²) in [5, 5.41) is 22.5. The fourth-order valence-corrected chi connectivity index (χ4v) is 3.51. The van der Waals surface area contributed by atoms with Gasteiger partial charge in [0.05, 0.1) is 11.6 Å². The smallest absolute Gasteiger partial charge is 0.266 e. The number of anilines is 1. The number of nitrogens with zero attached hydrogens (tertiary/aromatic N) is 3. The Labute approximate surface area is 184 Å². The second-order valence-electron chi connectivity index (χ2n) is 7.13. The zero-order chi connectivity index (χ0) is 22.5. The number of fused-ring (bicyclic) bond motifs is 1. The van der Waals surface area contributed by atoms with E-state index in [1.807, 2.05) is 59.3 Å². The van der Waals surface area contributed by atoms with Gasteiger partial charge in [-0.1, -0.05) is 36.4 Å². The Balaban J connectivity index is 1.70. The van der Waals surface area contributed by atoms with Crippen molar-refractivity contribution in [3.05, 3.63) is 107 Å². The largest absolute Gasteiger partial charge is 0.342 e. The van der Waals surface area contributed by atoms with Crippen LogP contribution in [0.1, 0.15) is 16.7 Å². The highest BCUT2D eigenvalue weighted by atomic mass is 19.1. The molecule has 0 saturated carbocycles. The molecule has 0 spiro atoms. The van der Waals surface area contributed by atoms with E-state index in [4.69, 9.17) is 0 Å². The first-order valence-electron chi connectivity index (χ1n) is 9.83. The van der Waals surface area contributed by atoms with Crippen LogP contribution in [0.5, 0.6) is 0 Å². The first-order valence-corrected chi connectivity index (χ1v) is 9.83. The van der Waals surface area contributed by atoms with Crippen LogP contribution in [-0.4, -0.2) is 10.5 Å². The summed E-state index contributed by atoms with van der Waals surface area (Å²) < 4.78 is 15.1. The maximum Gasteiger partial charge on any atom is 0.266 e. The van der Waals surface area contributed by atoms with E-state index in [1.54, 1.807) is 6.07 Å². The number of hydrogen-bond donors (Lipinski definition) is 1. The topological polar surface area (TPSA) is 81.6 Å². The van der Waals surface area contributed by atoms with E-state index in [0.717, 1.165) is 16.5 Å². The van der Waals surface area contributed by atoms with Gasteiger partial charge in [-0.3, -0.25) is 4.79 Å². The third kappa shape index (κ3) is 4.26. The Hall–Kier alpha value is -4.68. The Morgan fingerprint density at radius 1 is 1.00 bits per heavy atom. The van der Waals surface area contributed by atoms with E-state index in [1.165, 1.54) is 30.3 Å². The summed E-state index contributed by atoms with van der Waals surface area (Å²) in [5.74, 6) is -0.990. The predicted molar refractivity (Wildman–Crippen MR) is 121 cm³/mol. The van der Waals surface area contributed by atoms with Crippen LogP contribution in [-0.2, 0) is 11.3 Å². The lowest BCUT2D eigenvalue weighted by Crippen LogP contribution is -2.13. The first-order chi connectivity index (χ1) is 15.6. The third-order valence-electron chi connectivity index (χ3n) is 5.06. The number of aromatic nitrogens is 1. The highest BCUT2D eigenvalue weighted by Gasteiger charge is 2.14. The zero-order valence-corrected chi connectivity index (χ0v) is 16.9. The number of rotatable bonds is 5. The van der Waals surface area contributed by atoms with Gasteiger partial charge in [-0.05, 0) is 48.0 Å². The van der Waals surface area contributed by atoms with Crippen molar-refractivity contribution in [1.29, 1.82) is 10.5 Å². The Bertz CT molecular complexity index is 1420. The molecule has 1 amide bonds. The van der Waals surface area contributed by atoms with Gasteiger partial charge in [0, 0.05) is 34.9 Å². The summed E-state index contributed by atoms with van der Waals surface area (Å²) in [6.07, 6.45) is 3.40. The summed E-state index contributed by atoms with van der Waals surface area (Å²) in [6.45, 7) is 0.474. The molecule has 32 heavy (non-hydrogen) atoms. The quantitative estimate of drug-likeness (QED) is 0.354. The van der Waals surface area contributed by atoms with Crippen molar-refractivity contribution in [3.63, 3.8) is 0 Å². The summed E-state index contributed by atoms with van der Waals surface area (Å²) >= 11 is 0. The van der Waals surface area contributed by atoms with E-state index in [2.05, 4.69) is 11.4 Å². The normalized spacial score (nSPS) is 11.0. The number of nitrogens with one attached hydrogen (secondary N) is 1. The highest BCUT2D eigenvalue weighted by Crippen LogP contribution is 2.25. The van der Waals surface area contributed by atoms with Crippen molar-refractivity contribution in [1.82, 2.24) is 4.57 Å². The molecule has 0 aliphatic carbocycles. The van der Waals surface area contributed by atoms with Crippen molar-refractivity contribution in [3.8, 4) is 12.1 Å². The number of carbonyl (C=O) groups is 1. The Kier molecular flexibility index (Phi) is 5.78. The van der Waals surface area contributed by atoms with E-state index in [-0.39, 0.29) is 5.57 Å². The van der Waals surface area contributed by atoms with Crippen molar-refractivity contribution < 1.29 is 9.18 Å². The van der Waals surface area contributed by atoms with Gasteiger partial charge in [-0.15, -0.1) is 0 Å². The maximum atomic E-state index is 13.1. The number of para-hydroxylation sites is 1. The summed E-state index contributed by atoms with van der Waals surface area (Å²) in [7, 11) is 0. The maximum absolute atomic E-state index is 13.1. The second kappa shape index (κ2) is 8.99. The lowest BCUT2D eigenvalue weighted by molar-refractivity contribution is -0.112. The van der Waals surface area contributed by atoms with Crippen molar-refractivity contribution >= 4 is 28.6 Å². The van der Waals surface area contributed by atoms with Crippen LogP contribution in [0.3, 0.4) is 0 Å². The lowest BCUT2D eigenvalue weighted by atomic mass is 10.1. The molecule has 1 heterocycles. The zero-order valence-electron chi connectivity index (χ0n) is 16.9. The fraction of sp³-hybridized carbons (Fsp3) is 0.0385. The summed E-state index contributed by atoms with van der Waals surface area (Å²) in [4.78, 5) is 12.6. The number of hydrogen-bond acceptors (Lipinski definition) is 3. The minimum atomic E-state index is -0.578.